The van der Waals surface area contributed by atoms with Gasteiger partial charge in [-0.1, -0.05) is 39.0 Å². The fourth-order valence-electron chi connectivity index (χ4n) is 3.86. The maximum atomic E-state index is 11.0. The minimum atomic E-state index is -0.884. The first-order valence-electron chi connectivity index (χ1n) is 11.2. The zero-order valence-electron chi connectivity index (χ0n) is 18.1. The van der Waals surface area contributed by atoms with E-state index in [1.165, 1.54) is 37.8 Å². The normalized spacial score (nSPS) is 14.0. The summed E-state index contributed by atoms with van der Waals surface area (Å²) >= 11 is 0. The monoisotopic (exact) mass is 410 g/mol. The molecule has 30 heavy (non-hydrogen) atoms. The predicted octanol–water partition coefficient (Wildman–Crippen LogP) is 5.45. The summed E-state index contributed by atoms with van der Waals surface area (Å²) in [7, 11) is 0. The number of rotatable bonds is 11. The molecule has 1 aliphatic rings. The second-order valence-corrected chi connectivity index (χ2v) is 7.94. The van der Waals surface area contributed by atoms with Gasteiger partial charge in [-0.2, -0.15) is 0 Å². The van der Waals surface area contributed by atoms with E-state index in [0.717, 1.165) is 50.6 Å². The zero-order valence-corrected chi connectivity index (χ0v) is 18.1. The van der Waals surface area contributed by atoms with Crippen molar-refractivity contribution in [3.63, 3.8) is 0 Å². The Morgan fingerprint density at radius 2 is 1.30 bits per heavy atom. The lowest BCUT2D eigenvalue weighted by Gasteiger charge is -2.37. The molecule has 0 radical (unpaired) electrons. The number of carboxylic acids is 1. The van der Waals surface area contributed by atoms with Crippen molar-refractivity contribution in [2.24, 2.45) is 0 Å². The van der Waals surface area contributed by atoms with Crippen LogP contribution in [-0.4, -0.2) is 43.9 Å². The van der Waals surface area contributed by atoms with E-state index < -0.39 is 5.97 Å². The molecule has 2 aromatic rings. The summed E-state index contributed by atoms with van der Waals surface area (Å²) in [6, 6.07) is 15.6. The lowest BCUT2D eigenvalue weighted by Crippen LogP contribution is -2.46. The SMILES string of the molecule is CCCCCCCCOc1ccc(N2CCN(c3ccc(C(=O)O)cc3)CC2)cc1. The van der Waals surface area contributed by atoms with Crippen molar-refractivity contribution < 1.29 is 14.6 Å². The number of aromatic carboxylic acids is 1. The number of nitrogens with zero attached hydrogens (tertiary/aromatic N) is 2. The van der Waals surface area contributed by atoms with E-state index in [0.29, 0.717) is 5.56 Å². The molecule has 162 valence electrons. The molecule has 0 unspecified atom stereocenters. The van der Waals surface area contributed by atoms with Crippen molar-refractivity contribution >= 4 is 17.3 Å². The van der Waals surface area contributed by atoms with Gasteiger partial charge in [-0.15, -0.1) is 0 Å². The predicted molar refractivity (Wildman–Crippen MR) is 123 cm³/mol. The number of benzene rings is 2. The minimum absolute atomic E-state index is 0.330. The van der Waals surface area contributed by atoms with Gasteiger partial charge >= 0.3 is 5.97 Å². The molecule has 1 N–H and O–H groups in total. The molecule has 1 fully saturated rings. The summed E-state index contributed by atoms with van der Waals surface area (Å²) in [5.74, 6) is 0.0650. The largest absolute Gasteiger partial charge is 0.494 e. The van der Waals surface area contributed by atoms with Crippen LogP contribution in [0.4, 0.5) is 11.4 Å². The maximum Gasteiger partial charge on any atom is 0.335 e. The molecule has 0 spiro atoms. The Balaban J connectivity index is 1.40. The number of unbranched alkanes of at least 4 members (excludes halogenated alkanes) is 5. The molecule has 1 heterocycles. The van der Waals surface area contributed by atoms with Crippen LogP contribution in [0.2, 0.25) is 0 Å². The van der Waals surface area contributed by atoms with Crippen LogP contribution < -0.4 is 14.5 Å². The van der Waals surface area contributed by atoms with Gasteiger partial charge in [0, 0.05) is 37.6 Å². The third kappa shape index (κ3) is 6.41. The zero-order chi connectivity index (χ0) is 21.2. The molecule has 2 aromatic carbocycles. The average Bonchev–Trinajstić information content (AvgIpc) is 2.79. The van der Waals surface area contributed by atoms with Gasteiger partial charge in [-0.25, -0.2) is 4.79 Å². The second kappa shape index (κ2) is 11.5. The van der Waals surface area contributed by atoms with Gasteiger partial charge in [0.2, 0.25) is 0 Å². The number of hydrogen-bond acceptors (Lipinski definition) is 4. The Bertz CT molecular complexity index is 766. The van der Waals surface area contributed by atoms with Gasteiger partial charge < -0.3 is 19.6 Å². The Kier molecular flexibility index (Phi) is 8.42. The second-order valence-electron chi connectivity index (χ2n) is 7.94. The summed E-state index contributed by atoms with van der Waals surface area (Å²) < 4.78 is 5.89. The molecule has 5 nitrogen and oxygen atoms in total. The van der Waals surface area contributed by atoms with Crippen molar-refractivity contribution in [2.75, 3.05) is 42.6 Å². The Labute approximate surface area is 180 Å². The van der Waals surface area contributed by atoms with Gasteiger partial charge in [0.1, 0.15) is 5.75 Å². The molecule has 5 heteroatoms. The van der Waals surface area contributed by atoms with E-state index in [9.17, 15) is 4.79 Å². The first-order valence-corrected chi connectivity index (χ1v) is 11.2. The van der Waals surface area contributed by atoms with Crippen molar-refractivity contribution in [1.29, 1.82) is 0 Å². The first kappa shape index (κ1) is 22.0. The fraction of sp³-hybridized carbons (Fsp3) is 0.480. The summed E-state index contributed by atoms with van der Waals surface area (Å²) in [6.45, 7) is 6.77. The Morgan fingerprint density at radius 3 is 1.83 bits per heavy atom. The lowest BCUT2D eigenvalue weighted by atomic mass is 10.1. The highest BCUT2D eigenvalue weighted by Crippen LogP contribution is 2.23. The van der Waals surface area contributed by atoms with Crippen LogP contribution in [-0.2, 0) is 0 Å². The van der Waals surface area contributed by atoms with Crippen molar-refractivity contribution in [1.82, 2.24) is 0 Å². The smallest absolute Gasteiger partial charge is 0.335 e. The van der Waals surface area contributed by atoms with Gasteiger partial charge in [0.05, 0.1) is 12.2 Å². The van der Waals surface area contributed by atoms with E-state index in [1.54, 1.807) is 12.1 Å². The molecule has 0 atom stereocenters. The maximum absolute atomic E-state index is 11.0. The average molecular weight is 411 g/mol. The van der Waals surface area contributed by atoms with Crippen LogP contribution in [0.25, 0.3) is 0 Å². The van der Waals surface area contributed by atoms with Gasteiger partial charge in [0.15, 0.2) is 0 Å². The van der Waals surface area contributed by atoms with Crippen LogP contribution in [0.3, 0.4) is 0 Å². The fourth-order valence-corrected chi connectivity index (χ4v) is 3.86. The molecular formula is C25H34N2O3. The molecular weight excluding hydrogens is 376 g/mol. The van der Waals surface area contributed by atoms with Crippen LogP contribution in [0.1, 0.15) is 55.8 Å². The van der Waals surface area contributed by atoms with Gasteiger partial charge in [-0.05, 0) is 55.0 Å². The molecule has 0 aliphatic carbocycles. The number of ether oxygens (including phenoxy) is 1. The summed E-state index contributed by atoms with van der Waals surface area (Å²) in [5.41, 5.74) is 2.64. The molecule has 0 bridgehead atoms. The summed E-state index contributed by atoms with van der Waals surface area (Å²) in [5, 5.41) is 9.04. The molecule has 0 aromatic heterocycles. The topological polar surface area (TPSA) is 53.0 Å². The molecule has 1 saturated heterocycles. The third-order valence-electron chi connectivity index (χ3n) is 5.73. The summed E-state index contributed by atoms with van der Waals surface area (Å²) in [4.78, 5) is 15.7. The van der Waals surface area contributed by atoms with E-state index in [2.05, 4.69) is 41.0 Å². The van der Waals surface area contributed by atoms with E-state index >= 15 is 0 Å². The number of carbonyl (C=O) groups is 1. The minimum Gasteiger partial charge on any atom is -0.494 e. The lowest BCUT2D eigenvalue weighted by molar-refractivity contribution is 0.0697. The van der Waals surface area contributed by atoms with Crippen LogP contribution in [0.5, 0.6) is 5.75 Å². The van der Waals surface area contributed by atoms with Crippen LogP contribution in [0, 0.1) is 0 Å². The standard InChI is InChI=1S/C25H34N2O3/c1-2-3-4-5-6-7-20-30-24-14-12-23(13-15-24)27-18-16-26(17-19-27)22-10-8-21(9-11-22)25(28)29/h8-15H,2-7,16-20H2,1H3,(H,28,29). The van der Waals surface area contributed by atoms with E-state index in [4.69, 9.17) is 9.84 Å². The van der Waals surface area contributed by atoms with Crippen molar-refractivity contribution in [3.05, 3.63) is 54.1 Å². The summed E-state index contributed by atoms with van der Waals surface area (Å²) in [6.07, 6.45) is 7.66. The van der Waals surface area contributed by atoms with Crippen LogP contribution >= 0.6 is 0 Å². The Morgan fingerprint density at radius 1 is 0.800 bits per heavy atom. The van der Waals surface area contributed by atoms with Crippen LogP contribution in [0.15, 0.2) is 48.5 Å². The first-order chi connectivity index (χ1) is 14.7. The number of piperazine rings is 1. The quantitative estimate of drug-likeness (QED) is 0.499. The van der Waals surface area contributed by atoms with Gasteiger partial charge in [0.25, 0.3) is 0 Å². The number of carboxylic acid groups (broad SMARTS) is 1. The molecule has 3 rings (SSSR count). The number of anilines is 2. The molecule has 0 saturated carbocycles. The number of hydrogen-bond donors (Lipinski definition) is 1. The highest BCUT2D eigenvalue weighted by atomic mass is 16.5. The van der Waals surface area contributed by atoms with E-state index in [1.807, 2.05) is 12.1 Å². The third-order valence-corrected chi connectivity index (χ3v) is 5.73. The highest BCUT2D eigenvalue weighted by molar-refractivity contribution is 5.88. The van der Waals surface area contributed by atoms with Crippen molar-refractivity contribution in [3.8, 4) is 5.75 Å². The molecule has 1 aliphatic heterocycles. The molecule has 0 amide bonds. The highest BCUT2D eigenvalue weighted by Gasteiger charge is 2.18. The Hall–Kier alpha value is -2.69. The van der Waals surface area contributed by atoms with Crippen molar-refractivity contribution in [2.45, 2.75) is 45.4 Å². The van der Waals surface area contributed by atoms with Gasteiger partial charge in [-0.3, -0.25) is 0 Å². The van der Waals surface area contributed by atoms with E-state index in [-0.39, 0.29) is 0 Å².